The van der Waals surface area contributed by atoms with Crippen LogP contribution in [0.5, 0.6) is 0 Å². The van der Waals surface area contributed by atoms with Crippen molar-refractivity contribution in [3.05, 3.63) is 36.1 Å². The molecule has 0 fully saturated rings. The summed E-state index contributed by atoms with van der Waals surface area (Å²) in [5.74, 6) is 1.90. The smallest absolute Gasteiger partial charge is 0.135 e. The molecule has 76 valence electrons. The summed E-state index contributed by atoms with van der Waals surface area (Å²) >= 11 is 0. The van der Waals surface area contributed by atoms with Gasteiger partial charge in [0.2, 0.25) is 0 Å². The first-order chi connectivity index (χ1) is 6.63. The maximum absolute atomic E-state index is 4.96. The predicted molar refractivity (Wildman–Crippen MR) is 56.0 cm³/mol. The van der Waals surface area contributed by atoms with Crippen molar-refractivity contribution in [1.29, 1.82) is 0 Å². The molecule has 0 aliphatic heterocycles. The van der Waals surface area contributed by atoms with Gasteiger partial charge < -0.3 is 4.74 Å². The van der Waals surface area contributed by atoms with E-state index in [0.29, 0.717) is 18.1 Å². The lowest BCUT2D eigenvalue weighted by Crippen LogP contribution is -2.00. The molecular formula is C11H16N2O. The van der Waals surface area contributed by atoms with E-state index in [2.05, 4.69) is 30.4 Å². The Hall–Kier alpha value is -1.38. The number of rotatable bonds is 4. The van der Waals surface area contributed by atoms with Gasteiger partial charge in [0.15, 0.2) is 0 Å². The van der Waals surface area contributed by atoms with Crippen molar-refractivity contribution in [2.24, 2.45) is 0 Å². The van der Waals surface area contributed by atoms with E-state index in [9.17, 15) is 0 Å². The second kappa shape index (κ2) is 4.74. The SMILES string of the molecule is C=C(Cc1ncc(C(C)C)cn1)OC. The Balaban J connectivity index is 2.69. The van der Waals surface area contributed by atoms with Gasteiger partial charge in [-0.1, -0.05) is 20.4 Å². The number of ether oxygens (including phenoxy) is 1. The Morgan fingerprint density at radius 2 is 2.00 bits per heavy atom. The first-order valence-electron chi connectivity index (χ1n) is 4.66. The van der Waals surface area contributed by atoms with Crippen molar-refractivity contribution in [1.82, 2.24) is 9.97 Å². The average Bonchev–Trinajstić information content (AvgIpc) is 2.18. The summed E-state index contributed by atoms with van der Waals surface area (Å²) in [6.45, 7) is 7.96. The summed E-state index contributed by atoms with van der Waals surface area (Å²) in [7, 11) is 1.60. The van der Waals surface area contributed by atoms with Crippen LogP contribution in [0.15, 0.2) is 24.7 Å². The molecule has 3 nitrogen and oxygen atoms in total. The molecule has 0 unspecified atom stereocenters. The largest absolute Gasteiger partial charge is 0.501 e. The van der Waals surface area contributed by atoms with Gasteiger partial charge in [-0.25, -0.2) is 9.97 Å². The third-order valence-electron chi connectivity index (χ3n) is 2.04. The maximum Gasteiger partial charge on any atom is 0.135 e. The minimum Gasteiger partial charge on any atom is -0.501 e. The number of allylic oxidation sites excluding steroid dienone is 1. The zero-order chi connectivity index (χ0) is 10.6. The summed E-state index contributed by atoms with van der Waals surface area (Å²) < 4.78 is 4.96. The highest BCUT2D eigenvalue weighted by atomic mass is 16.5. The molecule has 14 heavy (non-hydrogen) atoms. The molecule has 1 rings (SSSR count). The van der Waals surface area contributed by atoms with Crippen molar-refractivity contribution in [2.75, 3.05) is 7.11 Å². The molecule has 0 N–H and O–H groups in total. The molecule has 3 heteroatoms. The second-order valence-corrected chi connectivity index (χ2v) is 3.51. The number of methoxy groups -OCH3 is 1. The van der Waals surface area contributed by atoms with Crippen molar-refractivity contribution >= 4 is 0 Å². The molecular weight excluding hydrogens is 176 g/mol. The van der Waals surface area contributed by atoms with Crippen LogP contribution < -0.4 is 0 Å². The Morgan fingerprint density at radius 3 is 2.43 bits per heavy atom. The van der Waals surface area contributed by atoms with E-state index in [0.717, 1.165) is 11.4 Å². The molecule has 0 aliphatic carbocycles. The molecule has 0 radical (unpaired) electrons. The highest BCUT2D eigenvalue weighted by Crippen LogP contribution is 2.11. The summed E-state index contributed by atoms with van der Waals surface area (Å²) in [6.07, 6.45) is 4.29. The van der Waals surface area contributed by atoms with E-state index in [1.165, 1.54) is 0 Å². The van der Waals surface area contributed by atoms with Gasteiger partial charge >= 0.3 is 0 Å². The van der Waals surface area contributed by atoms with Crippen LogP contribution >= 0.6 is 0 Å². The van der Waals surface area contributed by atoms with Gasteiger partial charge in [-0.3, -0.25) is 0 Å². The molecule has 0 aliphatic rings. The van der Waals surface area contributed by atoms with Gasteiger partial charge in [0, 0.05) is 12.4 Å². The Labute approximate surface area is 84.8 Å². The highest BCUT2D eigenvalue weighted by Gasteiger charge is 2.02. The van der Waals surface area contributed by atoms with E-state index in [1.54, 1.807) is 7.11 Å². The Bertz CT molecular complexity index is 304. The van der Waals surface area contributed by atoms with E-state index in [4.69, 9.17) is 4.74 Å². The highest BCUT2D eigenvalue weighted by molar-refractivity contribution is 5.11. The van der Waals surface area contributed by atoms with Crippen molar-refractivity contribution in [3.8, 4) is 0 Å². The Kier molecular flexibility index (Phi) is 3.63. The van der Waals surface area contributed by atoms with Crippen LogP contribution in [0.1, 0.15) is 31.2 Å². The lowest BCUT2D eigenvalue weighted by Gasteiger charge is -2.05. The Morgan fingerprint density at radius 1 is 1.43 bits per heavy atom. The summed E-state index contributed by atoms with van der Waals surface area (Å²) in [5.41, 5.74) is 1.15. The van der Waals surface area contributed by atoms with Crippen LogP contribution in [-0.4, -0.2) is 17.1 Å². The van der Waals surface area contributed by atoms with E-state index >= 15 is 0 Å². The lowest BCUT2D eigenvalue weighted by molar-refractivity contribution is 0.283. The molecule has 0 aromatic carbocycles. The third-order valence-corrected chi connectivity index (χ3v) is 2.04. The topological polar surface area (TPSA) is 35.0 Å². The number of hydrogen-bond donors (Lipinski definition) is 0. The van der Waals surface area contributed by atoms with E-state index in [1.807, 2.05) is 12.4 Å². The van der Waals surface area contributed by atoms with Crippen LogP contribution in [0, 0.1) is 0 Å². The molecule has 0 amide bonds. The van der Waals surface area contributed by atoms with Gasteiger partial charge in [0.05, 0.1) is 19.3 Å². The predicted octanol–water partition coefficient (Wildman–Crippen LogP) is 2.30. The molecule has 0 saturated carbocycles. The van der Waals surface area contributed by atoms with Crippen molar-refractivity contribution in [2.45, 2.75) is 26.2 Å². The fraction of sp³-hybridized carbons (Fsp3) is 0.455. The minimum absolute atomic E-state index is 0.467. The fourth-order valence-electron chi connectivity index (χ4n) is 1.00. The summed E-state index contributed by atoms with van der Waals surface area (Å²) in [4.78, 5) is 8.47. The standard InChI is InChI=1S/C11H16N2O/c1-8(2)10-6-12-11(13-7-10)5-9(3)14-4/h6-8H,3,5H2,1-2,4H3. The third kappa shape index (κ3) is 2.83. The van der Waals surface area contributed by atoms with Crippen LogP contribution in [0.4, 0.5) is 0 Å². The first kappa shape index (κ1) is 10.7. The normalized spacial score (nSPS) is 10.3. The van der Waals surface area contributed by atoms with Crippen LogP contribution in [-0.2, 0) is 11.2 Å². The number of hydrogen-bond acceptors (Lipinski definition) is 3. The first-order valence-corrected chi connectivity index (χ1v) is 4.66. The van der Waals surface area contributed by atoms with Gasteiger partial charge in [0.25, 0.3) is 0 Å². The maximum atomic E-state index is 4.96. The van der Waals surface area contributed by atoms with Gasteiger partial charge in [-0.15, -0.1) is 0 Å². The lowest BCUT2D eigenvalue weighted by atomic mass is 10.1. The molecule has 1 aromatic heterocycles. The molecule has 1 heterocycles. The van der Waals surface area contributed by atoms with Crippen LogP contribution in [0.2, 0.25) is 0 Å². The number of nitrogens with zero attached hydrogens (tertiary/aromatic N) is 2. The average molecular weight is 192 g/mol. The molecule has 0 spiro atoms. The van der Waals surface area contributed by atoms with Crippen molar-refractivity contribution < 1.29 is 4.74 Å². The monoisotopic (exact) mass is 192 g/mol. The summed E-state index contributed by atoms with van der Waals surface area (Å²) in [5, 5.41) is 0. The minimum atomic E-state index is 0.467. The zero-order valence-electron chi connectivity index (χ0n) is 8.95. The van der Waals surface area contributed by atoms with Crippen molar-refractivity contribution in [3.63, 3.8) is 0 Å². The zero-order valence-corrected chi connectivity index (χ0v) is 8.95. The molecule has 0 atom stereocenters. The molecule has 0 bridgehead atoms. The molecule has 1 aromatic rings. The summed E-state index contributed by atoms with van der Waals surface area (Å²) in [6, 6.07) is 0. The van der Waals surface area contributed by atoms with Gasteiger partial charge in [0.1, 0.15) is 5.82 Å². The van der Waals surface area contributed by atoms with E-state index in [-0.39, 0.29) is 0 Å². The molecule has 0 saturated heterocycles. The number of aromatic nitrogens is 2. The van der Waals surface area contributed by atoms with Gasteiger partial charge in [-0.05, 0) is 11.5 Å². The second-order valence-electron chi connectivity index (χ2n) is 3.51. The van der Waals surface area contributed by atoms with E-state index < -0.39 is 0 Å². The van der Waals surface area contributed by atoms with Gasteiger partial charge in [-0.2, -0.15) is 0 Å². The quantitative estimate of drug-likeness (QED) is 0.686. The fourth-order valence-corrected chi connectivity index (χ4v) is 1.00. The van der Waals surface area contributed by atoms with Crippen LogP contribution in [0.25, 0.3) is 0 Å². The van der Waals surface area contributed by atoms with Crippen LogP contribution in [0.3, 0.4) is 0 Å².